The number of ether oxygens (including phenoxy) is 1. The lowest BCUT2D eigenvalue weighted by Gasteiger charge is -2.07. The number of carbonyl (C=O) groups excluding carboxylic acids is 3. The molecule has 1 heterocycles. The van der Waals surface area contributed by atoms with E-state index in [1.807, 2.05) is 0 Å². The zero-order valence-electron chi connectivity index (χ0n) is 13.0. The Balaban J connectivity index is 2.23. The summed E-state index contributed by atoms with van der Waals surface area (Å²) in [4.78, 5) is 38.2. The third-order valence-electron chi connectivity index (χ3n) is 3.40. The average molecular weight is 328 g/mol. The van der Waals surface area contributed by atoms with Gasteiger partial charge in [0, 0.05) is 23.7 Å². The van der Waals surface area contributed by atoms with Gasteiger partial charge in [0.15, 0.2) is 5.78 Å². The summed E-state index contributed by atoms with van der Waals surface area (Å²) in [5.41, 5.74) is 6.60. The first-order valence-corrected chi connectivity index (χ1v) is 7.11. The summed E-state index contributed by atoms with van der Waals surface area (Å²) in [5, 5.41) is 10.0. The summed E-state index contributed by atoms with van der Waals surface area (Å²) in [5.74, 6) is -1.84. The molecule has 0 spiro atoms. The van der Waals surface area contributed by atoms with Crippen molar-refractivity contribution in [1.29, 1.82) is 0 Å². The number of amides is 1. The highest BCUT2D eigenvalue weighted by molar-refractivity contribution is 5.98. The fourth-order valence-electron chi connectivity index (χ4n) is 2.11. The number of ketones is 1. The highest BCUT2D eigenvalue weighted by Gasteiger charge is 2.16. The van der Waals surface area contributed by atoms with Gasteiger partial charge in [0.1, 0.15) is 11.4 Å². The monoisotopic (exact) mass is 328 g/mol. The minimum atomic E-state index is -0.566. The number of hydrogen-bond donors (Lipinski definition) is 2. The van der Waals surface area contributed by atoms with Crippen molar-refractivity contribution in [3.63, 3.8) is 0 Å². The average Bonchev–Trinajstić information content (AvgIpc) is 2.59. The Hall–Kier alpha value is -3.22. The number of pyridine rings is 1. The molecule has 1 aromatic heterocycles. The lowest BCUT2D eigenvalue weighted by molar-refractivity contribution is -0.140. The van der Waals surface area contributed by atoms with Gasteiger partial charge in [-0.2, -0.15) is 0 Å². The van der Waals surface area contributed by atoms with Crippen LogP contribution in [0.4, 0.5) is 0 Å². The maximum absolute atomic E-state index is 12.0. The van der Waals surface area contributed by atoms with Crippen LogP contribution in [0.25, 0.3) is 11.1 Å². The van der Waals surface area contributed by atoms with Gasteiger partial charge in [-0.25, -0.2) is 4.98 Å². The number of aromatic nitrogens is 1. The van der Waals surface area contributed by atoms with E-state index in [1.165, 1.54) is 19.4 Å². The molecular weight excluding hydrogens is 312 g/mol. The molecule has 24 heavy (non-hydrogen) atoms. The molecule has 124 valence electrons. The molecule has 0 unspecified atom stereocenters. The van der Waals surface area contributed by atoms with Crippen LogP contribution in [-0.4, -0.2) is 34.9 Å². The molecule has 0 saturated heterocycles. The van der Waals surface area contributed by atoms with Crippen molar-refractivity contribution in [2.45, 2.75) is 12.8 Å². The molecule has 0 aliphatic carbocycles. The SMILES string of the molecule is COC(=O)CCC(=O)c1ncc(-c2cccc(C(N)=O)c2)cc1O. The fraction of sp³-hybridized carbons (Fsp3) is 0.176. The number of nitrogens with two attached hydrogens (primary N) is 1. The molecule has 0 atom stereocenters. The standard InChI is InChI=1S/C17H16N2O5/c1-24-15(22)6-5-13(20)16-14(21)8-12(9-19-16)10-3-2-4-11(7-10)17(18)23/h2-4,7-9,21H,5-6H2,1H3,(H2,18,23). The lowest BCUT2D eigenvalue weighted by Crippen LogP contribution is -2.10. The van der Waals surface area contributed by atoms with Crippen molar-refractivity contribution in [3.05, 3.63) is 47.8 Å². The largest absolute Gasteiger partial charge is 0.506 e. The zero-order chi connectivity index (χ0) is 17.7. The third-order valence-corrected chi connectivity index (χ3v) is 3.40. The molecule has 0 radical (unpaired) electrons. The number of rotatable bonds is 6. The van der Waals surface area contributed by atoms with Gasteiger partial charge < -0.3 is 15.6 Å². The smallest absolute Gasteiger partial charge is 0.305 e. The highest BCUT2D eigenvalue weighted by atomic mass is 16.5. The molecule has 0 aliphatic rings. The van der Waals surface area contributed by atoms with Crippen molar-refractivity contribution in [1.82, 2.24) is 4.98 Å². The summed E-state index contributed by atoms with van der Waals surface area (Å²) < 4.78 is 4.46. The molecule has 0 bridgehead atoms. The molecule has 0 fully saturated rings. The zero-order valence-corrected chi connectivity index (χ0v) is 13.0. The van der Waals surface area contributed by atoms with E-state index in [0.717, 1.165) is 0 Å². The van der Waals surface area contributed by atoms with Crippen molar-refractivity contribution in [2.24, 2.45) is 5.73 Å². The highest BCUT2D eigenvalue weighted by Crippen LogP contribution is 2.26. The quantitative estimate of drug-likeness (QED) is 0.615. The van der Waals surface area contributed by atoms with Gasteiger partial charge in [0.25, 0.3) is 0 Å². The lowest BCUT2D eigenvalue weighted by atomic mass is 10.0. The number of Topliss-reactive ketones (excluding diaryl/α,β-unsaturated/α-hetero) is 1. The van der Waals surface area contributed by atoms with Gasteiger partial charge in [-0.05, 0) is 23.8 Å². The van der Waals surface area contributed by atoms with Crippen LogP contribution in [0.2, 0.25) is 0 Å². The first-order chi connectivity index (χ1) is 11.4. The summed E-state index contributed by atoms with van der Waals surface area (Å²) in [7, 11) is 1.23. The van der Waals surface area contributed by atoms with Crippen LogP contribution in [0.1, 0.15) is 33.7 Å². The van der Waals surface area contributed by atoms with Crippen LogP contribution < -0.4 is 5.73 Å². The minimum Gasteiger partial charge on any atom is -0.506 e. The van der Waals surface area contributed by atoms with Crippen molar-refractivity contribution in [3.8, 4) is 16.9 Å². The molecule has 0 saturated carbocycles. The van der Waals surface area contributed by atoms with E-state index in [2.05, 4.69) is 9.72 Å². The van der Waals surface area contributed by atoms with E-state index in [0.29, 0.717) is 16.7 Å². The molecule has 1 amide bonds. The van der Waals surface area contributed by atoms with Crippen LogP contribution in [0, 0.1) is 0 Å². The Labute approximate surface area is 138 Å². The number of esters is 1. The van der Waals surface area contributed by atoms with Gasteiger partial charge >= 0.3 is 5.97 Å². The summed E-state index contributed by atoms with van der Waals surface area (Å²) in [6.07, 6.45) is 1.22. The number of aromatic hydroxyl groups is 1. The van der Waals surface area contributed by atoms with Crippen molar-refractivity contribution < 1.29 is 24.2 Å². The van der Waals surface area contributed by atoms with Gasteiger partial charge in [-0.1, -0.05) is 12.1 Å². The Morgan fingerprint density at radius 1 is 1.17 bits per heavy atom. The van der Waals surface area contributed by atoms with Gasteiger partial charge in [-0.3, -0.25) is 14.4 Å². The molecule has 7 heteroatoms. The van der Waals surface area contributed by atoms with Gasteiger partial charge in [-0.15, -0.1) is 0 Å². The second-order valence-corrected chi connectivity index (χ2v) is 5.04. The van der Waals surface area contributed by atoms with E-state index in [4.69, 9.17) is 5.73 Å². The molecule has 1 aromatic carbocycles. The van der Waals surface area contributed by atoms with Crippen LogP contribution in [-0.2, 0) is 9.53 Å². The van der Waals surface area contributed by atoms with E-state index in [9.17, 15) is 19.5 Å². The summed E-state index contributed by atoms with van der Waals surface area (Å²) in [6.45, 7) is 0. The Kier molecular flexibility index (Phi) is 5.26. The predicted molar refractivity (Wildman–Crippen MR) is 85.4 cm³/mol. The predicted octanol–water partition coefficient (Wildman–Crippen LogP) is 1.69. The molecular formula is C17H16N2O5. The second-order valence-electron chi connectivity index (χ2n) is 5.04. The Morgan fingerprint density at radius 2 is 1.92 bits per heavy atom. The van der Waals surface area contributed by atoms with Crippen LogP contribution in [0.3, 0.4) is 0 Å². The van der Waals surface area contributed by atoms with Gasteiger partial charge in [0.05, 0.1) is 13.5 Å². The van der Waals surface area contributed by atoms with Crippen molar-refractivity contribution in [2.75, 3.05) is 7.11 Å². The Bertz CT molecular complexity index is 801. The Morgan fingerprint density at radius 3 is 2.54 bits per heavy atom. The number of methoxy groups -OCH3 is 1. The fourth-order valence-corrected chi connectivity index (χ4v) is 2.11. The maximum Gasteiger partial charge on any atom is 0.305 e. The normalized spacial score (nSPS) is 10.2. The first kappa shape index (κ1) is 17.1. The number of primary amides is 1. The van der Waals surface area contributed by atoms with E-state index < -0.39 is 17.7 Å². The van der Waals surface area contributed by atoms with Gasteiger partial charge in [0.2, 0.25) is 5.91 Å². The molecule has 7 nitrogen and oxygen atoms in total. The molecule has 3 N–H and O–H groups in total. The van der Waals surface area contributed by atoms with Crippen LogP contribution in [0.5, 0.6) is 5.75 Å². The molecule has 2 aromatic rings. The number of carbonyl (C=O) groups is 3. The van der Waals surface area contributed by atoms with E-state index >= 15 is 0 Å². The molecule has 0 aliphatic heterocycles. The van der Waals surface area contributed by atoms with Crippen molar-refractivity contribution >= 4 is 17.7 Å². The second kappa shape index (κ2) is 7.36. The maximum atomic E-state index is 12.0. The van der Waals surface area contributed by atoms with E-state index in [-0.39, 0.29) is 24.3 Å². The summed E-state index contributed by atoms with van der Waals surface area (Å²) >= 11 is 0. The van der Waals surface area contributed by atoms with Crippen LogP contribution in [0.15, 0.2) is 36.5 Å². The number of hydrogen-bond acceptors (Lipinski definition) is 6. The third kappa shape index (κ3) is 3.95. The number of nitrogens with zero attached hydrogens (tertiary/aromatic N) is 1. The van der Waals surface area contributed by atoms with E-state index in [1.54, 1.807) is 24.3 Å². The van der Waals surface area contributed by atoms with Crippen LogP contribution >= 0.6 is 0 Å². The number of benzene rings is 1. The topological polar surface area (TPSA) is 120 Å². The minimum absolute atomic E-state index is 0.0845. The first-order valence-electron chi connectivity index (χ1n) is 7.11. The molecule has 2 rings (SSSR count). The summed E-state index contributed by atoms with van der Waals surface area (Å²) in [6, 6.07) is 7.89.